The number of nitrogens with one attached hydrogen (secondary N) is 1. The van der Waals surface area contributed by atoms with Crippen LogP contribution in [0, 0.1) is 11.8 Å². The number of carbonyl (C=O) groups excluding carboxylic acids is 1. The Bertz CT molecular complexity index is 455. The normalized spacial score (nSPS) is 21.6. The Morgan fingerprint density at radius 2 is 2.33 bits per heavy atom. The van der Waals surface area contributed by atoms with E-state index in [1.165, 1.54) is 0 Å². The van der Waals surface area contributed by atoms with Gasteiger partial charge in [-0.2, -0.15) is 5.10 Å². The third kappa shape index (κ3) is 3.09. The second kappa shape index (κ2) is 5.20. The van der Waals surface area contributed by atoms with Gasteiger partial charge in [0.25, 0.3) is 0 Å². The van der Waals surface area contributed by atoms with Crippen molar-refractivity contribution in [3.05, 3.63) is 18.0 Å². The summed E-state index contributed by atoms with van der Waals surface area (Å²) >= 11 is 0. The lowest BCUT2D eigenvalue weighted by Crippen LogP contribution is -2.27. The van der Waals surface area contributed by atoms with E-state index in [2.05, 4.69) is 10.4 Å². The van der Waals surface area contributed by atoms with Gasteiger partial charge in [0.05, 0.1) is 18.0 Å². The Kier molecular flexibility index (Phi) is 3.64. The van der Waals surface area contributed by atoms with Gasteiger partial charge in [-0.15, -0.1) is 0 Å². The number of carboxylic acids is 1. The van der Waals surface area contributed by atoms with Gasteiger partial charge >= 0.3 is 5.97 Å². The summed E-state index contributed by atoms with van der Waals surface area (Å²) in [6, 6.07) is 0. The highest BCUT2D eigenvalue weighted by atomic mass is 16.4. The van der Waals surface area contributed by atoms with Crippen molar-refractivity contribution < 1.29 is 14.7 Å². The Morgan fingerprint density at radius 1 is 1.56 bits per heavy atom. The minimum atomic E-state index is -0.870. The number of aryl methyl sites for hydroxylation is 2. The van der Waals surface area contributed by atoms with E-state index in [1.54, 1.807) is 4.68 Å². The number of carbonyl (C=O) groups is 2. The van der Waals surface area contributed by atoms with Gasteiger partial charge in [-0.25, -0.2) is 0 Å². The Balaban J connectivity index is 1.61. The van der Waals surface area contributed by atoms with Crippen LogP contribution in [0.4, 0.5) is 0 Å². The Labute approximate surface area is 105 Å². The standard InChI is InChI=1S/C12H17N3O3/c1-15-7-8(6-14-15)3-2-4-13-11(16)9-5-10(9)12(17)18/h6-7,9-10H,2-5H2,1H3,(H,13,16)(H,17,18)/t9-,10-/m1/s1. The molecule has 0 radical (unpaired) electrons. The van der Waals surface area contributed by atoms with E-state index >= 15 is 0 Å². The van der Waals surface area contributed by atoms with Crippen molar-refractivity contribution in [2.45, 2.75) is 19.3 Å². The molecule has 1 fully saturated rings. The van der Waals surface area contributed by atoms with Gasteiger partial charge in [0.2, 0.25) is 5.91 Å². The largest absolute Gasteiger partial charge is 0.481 e. The number of hydrogen-bond acceptors (Lipinski definition) is 3. The SMILES string of the molecule is Cn1cc(CCCNC(=O)[C@@H]2C[C@H]2C(=O)O)cn1. The van der Waals surface area contributed by atoms with Crippen LogP contribution in [-0.2, 0) is 23.1 Å². The first-order valence-electron chi connectivity index (χ1n) is 6.06. The minimum absolute atomic E-state index is 0.131. The quantitative estimate of drug-likeness (QED) is 0.707. The summed E-state index contributed by atoms with van der Waals surface area (Å²) in [7, 11) is 1.87. The molecule has 0 saturated heterocycles. The minimum Gasteiger partial charge on any atom is -0.481 e. The highest BCUT2D eigenvalue weighted by Crippen LogP contribution is 2.38. The van der Waals surface area contributed by atoms with Crippen molar-refractivity contribution in [2.75, 3.05) is 6.54 Å². The second-order valence-electron chi connectivity index (χ2n) is 4.70. The zero-order valence-electron chi connectivity index (χ0n) is 10.3. The molecular formula is C12H17N3O3. The predicted molar refractivity (Wildman–Crippen MR) is 63.8 cm³/mol. The molecular weight excluding hydrogens is 234 g/mol. The molecule has 2 atom stereocenters. The van der Waals surface area contributed by atoms with E-state index in [1.807, 2.05) is 19.4 Å². The van der Waals surface area contributed by atoms with Crippen LogP contribution in [0.2, 0.25) is 0 Å². The first-order chi connectivity index (χ1) is 8.58. The van der Waals surface area contributed by atoms with Crippen molar-refractivity contribution in [3.8, 4) is 0 Å². The fraction of sp³-hybridized carbons (Fsp3) is 0.583. The summed E-state index contributed by atoms with van der Waals surface area (Å²) in [5.74, 6) is -1.79. The van der Waals surface area contributed by atoms with E-state index < -0.39 is 11.9 Å². The Hall–Kier alpha value is -1.85. The smallest absolute Gasteiger partial charge is 0.307 e. The van der Waals surface area contributed by atoms with Crippen LogP contribution >= 0.6 is 0 Å². The molecule has 6 nitrogen and oxygen atoms in total. The topological polar surface area (TPSA) is 84.2 Å². The first-order valence-corrected chi connectivity index (χ1v) is 6.06. The van der Waals surface area contributed by atoms with Crippen LogP contribution in [-0.4, -0.2) is 33.3 Å². The molecule has 1 aromatic heterocycles. The summed E-state index contributed by atoms with van der Waals surface area (Å²) in [6.07, 6.45) is 5.93. The number of hydrogen-bond donors (Lipinski definition) is 2. The van der Waals surface area contributed by atoms with Gasteiger partial charge in [-0.3, -0.25) is 14.3 Å². The molecule has 6 heteroatoms. The van der Waals surface area contributed by atoms with Crippen LogP contribution in [0.3, 0.4) is 0 Å². The average molecular weight is 251 g/mol. The molecule has 0 unspecified atom stereocenters. The monoisotopic (exact) mass is 251 g/mol. The van der Waals surface area contributed by atoms with Gasteiger partial charge in [0.1, 0.15) is 0 Å². The molecule has 1 aliphatic carbocycles. The van der Waals surface area contributed by atoms with Crippen molar-refractivity contribution >= 4 is 11.9 Å². The average Bonchev–Trinajstić information content (AvgIpc) is 3.03. The van der Waals surface area contributed by atoms with Crippen molar-refractivity contribution in [1.82, 2.24) is 15.1 Å². The van der Waals surface area contributed by atoms with E-state index in [9.17, 15) is 9.59 Å². The lowest BCUT2D eigenvalue weighted by atomic mass is 10.2. The molecule has 1 heterocycles. The maximum absolute atomic E-state index is 11.5. The number of carboxylic acid groups (broad SMARTS) is 1. The van der Waals surface area contributed by atoms with Gasteiger partial charge < -0.3 is 10.4 Å². The fourth-order valence-corrected chi connectivity index (χ4v) is 1.99. The second-order valence-corrected chi connectivity index (χ2v) is 4.70. The maximum Gasteiger partial charge on any atom is 0.307 e. The molecule has 18 heavy (non-hydrogen) atoms. The van der Waals surface area contributed by atoms with E-state index in [0.717, 1.165) is 18.4 Å². The zero-order valence-corrected chi connectivity index (χ0v) is 10.3. The number of aromatic nitrogens is 2. The number of nitrogens with zero attached hydrogens (tertiary/aromatic N) is 2. The molecule has 1 saturated carbocycles. The van der Waals surface area contributed by atoms with Gasteiger partial charge in [0, 0.05) is 19.8 Å². The molecule has 0 bridgehead atoms. The van der Waals surface area contributed by atoms with Gasteiger partial charge in [0.15, 0.2) is 0 Å². The fourth-order valence-electron chi connectivity index (χ4n) is 1.99. The van der Waals surface area contributed by atoms with Crippen molar-refractivity contribution in [2.24, 2.45) is 18.9 Å². The van der Waals surface area contributed by atoms with Crippen LogP contribution in [0.25, 0.3) is 0 Å². The molecule has 98 valence electrons. The maximum atomic E-state index is 11.5. The molecule has 1 amide bonds. The van der Waals surface area contributed by atoms with E-state index in [4.69, 9.17) is 5.11 Å². The zero-order chi connectivity index (χ0) is 13.1. The van der Waals surface area contributed by atoms with Gasteiger partial charge in [-0.1, -0.05) is 0 Å². The summed E-state index contributed by atoms with van der Waals surface area (Å²) in [6.45, 7) is 0.580. The third-order valence-electron chi connectivity index (χ3n) is 3.14. The summed E-state index contributed by atoms with van der Waals surface area (Å²) in [5.41, 5.74) is 1.14. The highest BCUT2D eigenvalue weighted by molar-refractivity contribution is 5.89. The molecule has 0 aromatic carbocycles. The van der Waals surface area contributed by atoms with E-state index in [0.29, 0.717) is 13.0 Å². The lowest BCUT2D eigenvalue weighted by molar-refractivity contribution is -0.140. The predicted octanol–water partition coefficient (Wildman–Crippen LogP) is 0.190. The van der Waals surface area contributed by atoms with E-state index in [-0.39, 0.29) is 11.8 Å². The highest BCUT2D eigenvalue weighted by Gasteiger charge is 2.48. The summed E-state index contributed by atoms with van der Waals surface area (Å²) in [5, 5.41) is 15.5. The summed E-state index contributed by atoms with van der Waals surface area (Å²) < 4.78 is 1.75. The third-order valence-corrected chi connectivity index (χ3v) is 3.14. The number of amides is 1. The van der Waals surface area contributed by atoms with Crippen LogP contribution in [0.1, 0.15) is 18.4 Å². The molecule has 1 aliphatic rings. The number of aliphatic carboxylic acids is 1. The molecule has 2 N–H and O–H groups in total. The first kappa shape index (κ1) is 12.6. The van der Waals surface area contributed by atoms with Gasteiger partial charge in [-0.05, 0) is 24.8 Å². The molecule has 1 aromatic rings. The Morgan fingerprint density at radius 3 is 2.89 bits per heavy atom. The lowest BCUT2D eigenvalue weighted by Gasteiger charge is -2.03. The van der Waals surface area contributed by atoms with Crippen LogP contribution in [0.15, 0.2) is 12.4 Å². The summed E-state index contributed by atoms with van der Waals surface area (Å²) in [4.78, 5) is 22.1. The van der Waals surface area contributed by atoms with Crippen LogP contribution < -0.4 is 5.32 Å². The van der Waals surface area contributed by atoms with Crippen molar-refractivity contribution in [3.63, 3.8) is 0 Å². The molecule has 0 spiro atoms. The number of rotatable bonds is 6. The molecule has 2 rings (SSSR count). The molecule has 0 aliphatic heterocycles. The van der Waals surface area contributed by atoms with Crippen molar-refractivity contribution in [1.29, 1.82) is 0 Å². The van der Waals surface area contributed by atoms with Crippen LogP contribution in [0.5, 0.6) is 0 Å².